The summed E-state index contributed by atoms with van der Waals surface area (Å²) in [5.74, 6) is 1.15. The van der Waals surface area contributed by atoms with E-state index in [2.05, 4.69) is 5.32 Å². The third-order valence-corrected chi connectivity index (χ3v) is 2.69. The van der Waals surface area contributed by atoms with E-state index in [1.54, 1.807) is 19.2 Å². The molecule has 0 heterocycles. The van der Waals surface area contributed by atoms with Crippen molar-refractivity contribution in [3.8, 4) is 11.5 Å². The van der Waals surface area contributed by atoms with Gasteiger partial charge in [0.15, 0.2) is 6.61 Å². The molecule has 0 fully saturated rings. The lowest BCUT2D eigenvalue weighted by molar-refractivity contribution is -0.122. The second-order valence-electron chi connectivity index (χ2n) is 4.16. The molecule has 1 N–H and O–H groups in total. The van der Waals surface area contributed by atoms with Gasteiger partial charge in [0.2, 0.25) is 0 Å². The molecule has 2 rings (SSSR count). The molecule has 0 saturated carbocycles. The molecule has 0 unspecified atom stereocenters. The Labute approximate surface area is 112 Å². The minimum atomic E-state index is -0.166. The molecule has 0 saturated heterocycles. The molecule has 1 aromatic rings. The van der Waals surface area contributed by atoms with Gasteiger partial charge in [-0.2, -0.15) is 0 Å². The van der Waals surface area contributed by atoms with Gasteiger partial charge in [-0.3, -0.25) is 4.79 Å². The number of allylic oxidation sites excluding steroid dienone is 3. The predicted octanol–water partition coefficient (Wildman–Crippen LogP) is 2.42. The molecule has 1 aromatic carbocycles. The third-order valence-electron chi connectivity index (χ3n) is 2.69. The van der Waals surface area contributed by atoms with Crippen molar-refractivity contribution in [3.63, 3.8) is 0 Å². The van der Waals surface area contributed by atoms with E-state index in [0.717, 1.165) is 18.5 Å². The molecule has 0 spiro atoms. The van der Waals surface area contributed by atoms with E-state index in [9.17, 15) is 4.79 Å². The average Bonchev–Trinajstić information content (AvgIpc) is 2.46. The van der Waals surface area contributed by atoms with Gasteiger partial charge >= 0.3 is 0 Å². The van der Waals surface area contributed by atoms with Crippen molar-refractivity contribution >= 4 is 5.91 Å². The Hall–Kier alpha value is -2.23. The van der Waals surface area contributed by atoms with E-state index in [1.165, 1.54) is 0 Å². The summed E-state index contributed by atoms with van der Waals surface area (Å²) in [6, 6.07) is 7.17. The molecule has 1 aliphatic carbocycles. The summed E-state index contributed by atoms with van der Waals surface area (Å²) in [5, 5.41) is 2.80. The highest BCUT2D eigenvalue weighted by Crippen LogP contribution is 2.18. The first-order valence-corrected chi connectivity index (χ1v) is 6.21. The molecule has 19 heavy (non-hydrogen) atoms. The number of benzene rings is 1. The fourth-order valence-electron chi connectivity index (χ4n) is 1.74. The van der Waals surface area contributed by atoms with Gasteiger partial charge in [0.1, 0.15) is 11.5 Å². The van der Waals surface area contributed by atoms with Gasteiger partial charge in [-0.25, -0.2) is 0 Å². The first-order chi connectivity index (χ1) is 9.28. The summed E-state index contributed by atoms with van der Waals surface area (Å²) in [7, 11) is 1.59. The molecule has 0 aromatic heterocycles. The van der Waals surface area contributed by atoms with E-state index in [-0.39, 0.29) is 12.5 Å². The fourth-order valence-corrected chi connectivity index (χ4v) is 1.74. The largest absolute Gasteiger partial charge is 0.497 e. The van der Waals surface area contributed by atoms with Crippen molar-refractivity contribution in [1.29, 1.82) is 0 Å². The lowest BCUT2D eigenvalue weighted by atomic mass is 10.1. The molecule has 1 amide bonds. The Kier molecular flexibility index (Phi) is 4.61. The van der Waals surface area contributed by atoms with E-state index < -0.39 is 0 Å². The van der Waals surface area contributed by atoms with Crippen LogP contribution in [0.3, 0.4) is 0 Å². The number of amides is 1. The summed E-state index contributed by atoms with van der Waals surface area (Å²) < 4.78 is 10.5. The first-order valence-electron chi connectivity index (χ1n) is 6.21. The van der Waals surface area contributed by atoms with Crippen molar-refractivity contribution in [2.24, 2.45) is 0 Å². The minimum Gasteiger partial charge on any atom is -0.497 e. The highest BCUT2D eigenvalue weighted by Gasteiger charge is 2.05. The summed E-state index contributed by atoms with van der Waals surface area (Å²) in [6.45, 7) is -0.0155. The van der Waals surface area contributed by atoms with Crippen molar-refractivity contribution < 1.29 is 14.3 Å². The van der Waals surface area contributed by atoms with Crippen molar-refractivity contribution in [1.82, 2.24) is 5.32 Å². The number of nitrogens with one attached hydrogen (secondary N) is 1. The van der Waals surface area contributed by atoms with Gasteiger partial charge in [0.25, 0.3) is 5.91 Å². The highest BCUT2D eigenvalue weighted by molar-refractivity contribution is 5.79. The average molecular weight is 259 g/mol. The van der Waals surface area contributed by atoms with Crippen LogP contribution in [0.25, 0.3) is 0 Å². The van der Waals surface area contributed by atoms with Gasteiger partial charge < -0.3 is 14.8 Å². The highest BCUT2D eigenvalue weighted by atomic mass is 16.5. The summed E-state index contributed by atoms with van der Waals surface area (Å²) >= 11 is 0. The number of carbonyl (C=O) groups is 1. The van der Waals surface area contributed by atoms with Crippen LogP contribution in [0.15, 0.2) is 48.2 Å². The lowest BCUT2D eigenvalue weighted by Crippen LogP contribution is -2.28. The zero-order valence-corrected chi connectivity index (χ0v) is 10.9. The van der Waals surface area contributed by atoms with Crippen LogP contribution in [0.2, 0.25) is 0 Å². The normalized spacial score (nSPS) is 13.6. The van der Waals surface area contributed by atoms with E-state index >= 15 is 0 Å². The number of ether oxygens (including phenoxy) is 2. The maximum absolute atomic E-state index is 11.7. The van der Waals surface area contributed by atoms with Crippen LogP contribution < -0.4 is 14.8 Å². The lowest BCUT2D eigenvalue weighted by Gasteiger charge is -2.10. The van der Waals surface area contributed by atoms with Crippen LogP contribution in [0, 0.1) is 0 Å². The van der Waals surface area contributed by atoms with Crippen molar-refractivity contribution in [2.45, 2.75) is 12.8 Å². The Morgan fingerprint density at radius 2 is 2.16 bits per heavy atom. The number of hydrogen-bond donors (Lipinski definition) is 1. The Bertz CT molecular complexity index is 506. The van der Waals surface area contributed by atoms with E-state index in [1.807, 2.05) is 30.4 Å². The quantitative estimate of drug-likeness (QED) is 0.883. The second kappa shape index (κ2) is 6.64. The Morgan fingerprint density at radius 3 is 2.89 bits per heavy atom. The minimum absolute atomic E-state index is 0.0155. The number of carbonyl (C=O) groups excluding carboxylic acids is 1. The van der Waals surface area contributed by atoms with Crippen LogP contribution in [-0.2, 0) is 4.79 Å². The van der Waals surface area contributed by atoms with Gasteiger partial charge in [-0.15, -0.1) is 0 Å². The van der Waals surface area contributed by atoms with Gasteiger partial charge in [-0.1, -0.05) is 18.2 Å². The van der Waals surface area contributed by atoms with Crippen LogP contribution in [0.1, 0.15) is 12.8 Å². The first kappa shape index (κ1) is 13.2. The second-order valence-corrected chi connectivity index (χ2v) is 4.16. The standard InChI is InChI=1S/C15H17NO3/c1-18-13-8-5-9-14(10-13)19-11-15(17)16-12-6-3-2-4-7-12/h3,5-10H,2,4,11H2,1H3,(H,16,17). The molecule has 0 bridgehead atoms. The molecular weight excluding hydrogens is 242 g/mol. The summed E-state index contributed by atoms with van der Waals surface area (Å²) in [4.78, 5) is 11.7. The van der Waals surface area contributed by atoms with E-state index in [4.69, 9.17) is 9.47 Å². The van der Waals surface area contributed by atoms with Crippen LogP contribution >= 0.6 is 0 Å². The Morgan fingerprint density at radius 1 is 1.32 bits per heavy atom. The van der Waals surface area contributed by atoms with Crippen LogP contribution in [0.5, 0.6) is 11.5 Å². The molecule has 4 heteroatoms. The molecule has 1 aliphatic rings. The van der Waals surface area contributed by atoms with Gasteiger partial charge in [0, 0.05) is 11.8 Å². The number of rotatable bonds is 5. The Balaban J connectivity index is 1.82. The van der Waals surface area contributed by atoms with Crippen LogP contribution in [-0.4, -0.2) is 19.6 Å². The summed E-state index contributed by atoms with van der Waals surface area (Å²) in [5.41, 5.74) is 0.838. The maximum atomic E-state index is 11.7. The molecule has 0 aliphatic heterocycles. The van der Waals surface area contributed by atoms with E-state index in [0.29, 0.717) is 11.5 Å². The monoisotopic (exact) mass is 259 g/mol. The van der Waals surface area contributed by atoms with Gasteiger partial charge in [-0.05, 0) is 31.1 Å². The number of methoxy groups -OCH3 is 1. The molecule has 4 nitrogen and oxygen atoms in total. The zero-order chi connectivity index (χ0) is 13.5. The van der Waals surface area contributed by atoms with Crippen molar-refractivity contribution in [2.75, 3.05) is 13.7 Å². The SMILES string of the molecule is COc1cccc(OCC(=O)NC2=CCCC=C2)c1. The zero-order valence-electron chi connectivity index (χ0n) is 10.9. The third kappa shape index (κ3) is 4.17. The van der Waals surface area contributed by atoms with Gasteiger partial charge in [0.05, 0.1) is 7.11 Å². The molecule has 0 radical (unpaired) electrons. The fraction of sp³-hybridized carbons (Fsp3) is 0.267. The smallest absolute Gasteiger partial charge is 0.262 e. The topological polar surface area (TPSA) is 47.6 Å². The maximum Gasteiger partial charge on any atom is 0.262 e. The number of hydrogen-bond acceptors (Lipinski definition) is 3. The van der Waals surface area contributed by atoms with Crippen molar-refractivity contribution in [3.05, 3.63) is 48.2 Å². The molecular formula is C15H17NO3. The summed E-state index contributed by atoms with van der Waals surface area (Å²) in [6.07, 6.45) is 7.94. The molecule has 100 valence electrons. The van der Waals surface area contributed by atoms with Crippen LogP contribution in [0.4, 0.5) is 0 Å². The molecule has 0 atom stereocenters. The predicted molar refractivity (Wildman–Crippen MR) is 73.1 cm³/mol.